The minimum Gasteiger partial charge on any atom is -0.393 e. The van der Waals surface area contributed by atoms with Crippen molar-refractivity contribution >= 4 is 11.9 Å². The molecule has 0 N–H and O–H groups in total. The number of carbonyl (C=O) groups is 2. The fraction of sp³-hybridized carbons (Fsp3) is 0.778. The molecule has 1 saturated heterocycles. The molecule has 0 amide bonds. The Labute approximate surface area is 72.1 Å². The molecule has 68 valence electrons. The number of hydrogen-bond donors (Lipinski definition) is 0. The van der Waals surface area contributed by atoms with Crippen molar-refractivity contribution in [3.8, 4) is 0 Å². The number of ether oxygens (including phenoxy) is 1. The molecule has 0 aromatic rings. The minimum atomic E-state index is -0.366. The molecule has 1 atom stereocenters. The quantitative estimate of drug-likeness (QED) is 0.444. The second kappa shape index (κ2) is 4.24. The van der Waals surface area contributed by atoms with Crippen molar-refractivity contribution < 1.29 is 14.3 Å². The number of rotatable bonds is 1. The van der Waals surface area contributed by atoms with Gasteiger partial charge in [-0.2, -0.15) is 0 Å². The second-order valence-corrected chi connectivity index (χ2v) is 3.22. The topological polar surface area (TPSA) is 43.4 Å². The highest BCUT2D eigenvalue weighted by Gasteiger charge is 2.19. The minimum absolute atomic E-state index is 0.355. The van der Waals surface area contributed by atoms with E-state index in [0.717, 1.165) is 19.3 Å². The Hall–Kier alpha value is -0.860. The molecule has 0 aromatic carbocycles. The second-order valence-electron chi connectivity index (χ2n) is 3.22. The Bertz CT molecular complexity index is 186. The predicted octanol–water partition coefficient (Wildman–Crippen LogP) is 1.66. The summed E-state index contributed by atoms with van der Waals surface area (Å²) in [6, 6.07) is 0. The Balaban J connectivity index is 2.47. The Morgan fingerprint density at radius 2 is 2.17 bits per heavy atom. The lowest BCUT2D eigenvalue weighted by atomic mass is 9.95. The number of esters is 2. The molecule has 3 heteroatoms. The Morgan fingerprint density at radius 3 is 2.83 bits per heavy atom. The monoisotopic (exact) mass is 170 g/mol. The third-order valence-corrected chi connectivity index (χ3v) is 2.25. The first kappa shape index (κ1) is 9.23. The molecule has 12 heavy (non-hydrogen) atoms. The van der Waals surface area contributed by atoms with Crippen molar-refractivity contribution in [1.29, 1.82) is 0 Å². The van der Waals surface area contributed by atoms with Crippen LogP contribution in [-0.4, -0.2) is 11.9 Å². The van der Waals surface area contributed by atoms with Gasteiger partial charge in [0.15, 0.2) is 0 Å². The molecule has 1 rings (SSSR count). The summed E-state index contributed by atoms with van der Waals surface area (Å²) in [5.41, 5.74) is 0. The zero-order valence-corrected chi connectivity index (χ0v) is 7.34. The van der Waals surface area contributed by atoms with Gasteiger partial charge in [-0.3, -0.25) is 9.59 Å². The van der Waals surface area contributed by atoms with Gasteiger partial charge in [0.05, 0.1) is 0 Å². The molecule has 0 bridgehead atoms. The molecule has 1 unspecified atom stereocenters. The summed E-state index contributed by atoms with van der Waals surface area (Å²) < 4.78 is 4.55. The number of cyclic esters (lactones) is 2. The maximum atomic E-state index is 11.0. The van der Waals surface area contributed by atoms with E-state index in [4.69, 9.17) is 0 Å². The number of carbonyl (C=O) groups excluding carboxylic acids is 2. The van der Waals surface area contributed by atoms with Crippen LogP contribution < -0.4 is 0 Å². The average Bonchev–Trinajstić information content (AvgIpc) is 1.99. The molecule has 0 saturated carbocycles. The molecule has 1 heterocycles. The van der Waals surface area contributed by atoms with Crippen molar-refractivity contribution in [3.05, 3.63) is 0 Å². The molecule has 1 aliphatic heterocycles. The standard InChI is InChI=1S/C9H14O3/c1-2-7-4-3-5-8(10)12-9(11)6-7/h7H,2-6H2,1H3. The van der Waals surface area contributed by atoms with Gasteiger partial charge in [0.1, 0.15) is 0 Å². The van der Waals surface area contributed by atoms with E-state index < -0.39 is 0 Å². The Morgan fingerprint density at radius 1 is 1.42 bits per heavy atom. The van der Waals surface area contributed by atoms with E-state index in [1.54, 1.807) is 0 Å². The van der Waals surface area contributed by atoms with Crippen molar-refractivity contribution in [3.63, 3.8) is 0 Å². The SMILES string of the molecule is CCC1CCCC(=O)OC(=O)C1. The highest BCUT2D eigenvalue weighted by atomic mass is 16.6. The molecule has 1 aliphatic rings. The zero-order valence-electron chi connectivity index (χ0n) is 7.34. The van der Waals surface area contributed by atoms with E-state index in [2.05, 4.69) is 11.7 Å². The first-order chi connectivity index (χ1) is 5.72. The fourth-order valence-electron chi connectivity index (χ4n) is 1.44. The predicted molar refractivity (Wildman–Crippen MR) is 43.3 cm³/mol. The zero-order chi connectivity index (χ0) is 8.97. The van der Waals surface area contributed by atoms with E-state index in [1.165, 1.54) is 0 Å². The van der Waals surface area contributed by atoms with Crippen LogP contribution in [0.2, 0.25) is 0 Å². The van der Waals surface area contributed by atoms with E-state index >= 15 is 0 Å². The maximum absolute atomic E-state index is 11.0. The van der Waals surface area contributed by atoms with Crippen LogP contribution in [0, 0.1) is 5.92 Å². The molecular weight excluding hydrogens is 156 g/mol. The van der Waals surface area contributed by atoms with Gasteiger partial charge in [0, 0.05) is 12.8 Å². The third kappa shape index (κ3) is 2.64. The molecule has 0 aliphatic carbocycles. The largest absolute Gasteiger partial charge is 0.393 e. The average molecular weight is 170 g/mol. The fourth-order valence-corrected chi connectivity index (χ4v) is 1.44. The van der Waals surface area contributed by atoms with Gasteiger partial charge in [-0.25, -0.2) is 0 Å². The van der Waals surface area contributed by atoms with Gasteiger partial charge in [-0.1, -0.05) is 13.3 Å². The summed E-state index contributed by atoms with van der Waals surface area (Å²) >= 11 is 0. The van der Waals surface area contributed by atoms with Gasteiger partial charge in [0.2, 0.25) is 0 Å². The summed E-state index contributed by atoms with van der Waals surface area (Å²) in [5, 5.41) is 0. The van der Waals surface area contributed by atoms with Crippen LogP contribution in [0.5, 0.6) is 0 Å². The van der Waals surface area contributed by atoms with Crippen LogP contribution in [0.15, 0.2) is 0 Å². The van der Waals surface area contributed by atoms with E-state index in [0.29, 0.717) is 18.8 Å². The van der Waals surface area contributed by atoms with Crippen LogP contribution in [0.1, 0.15) is 39.0 Å². The van der Waals surface area contributed by atoms with Gasteiger partial charge in [0.25, 0.3) is 0 Å². The summed E-state index contributed by atoms with van der Waals surface area (Å²) in [4.78, 5) is 21.8. The van der Waals surface area contributed by atoms with Gasteiger partial charge >= 0.3 is 11.9 Å². The normalized spacial score (nSPS) is 25.9. The summed E-state index contributed by atoms with van der Waals surface area (Å²) in [6.45, 7) is 2.06. The van der Waals surface area contributed by atoms with Gasteiger partial charge < -0.3 is 4.74 Å². The third-order valence-electron chi connectivity index (χ3n) is 2.25. The van der Waals surface area contributed by atoms with E-state index in [-0.39, 0.29) is 11.9 Å². The molecule has 1 fully saturated rings. The molecular formula is C9H14O3. The van der Waals surface area contributed by atoms with Gasteiger partial charge in [-0.05, 0) is 18.8 Å². The van der Waals surface area contributed by atoms with Crippen molar-refractivity contribution in [2.75, 3.05) is 0 Å². The van der Waals surface area contributed by atoms with Crippen molar-refractivity contribution in [1.82, 2.24) is 0 Å². The smallest absolute Gasteiger partial charge is 0.313 e. The van der Waals surface area contributed by atoms with Crippen molar-refractivity contribution in [2.24, 2.45) is 5.92 Å². The Kier molecular flexibility index (Phi) is 3.26. The van der Waals surface area contributed by atoms with Crippen LogP contribution >= 0.6 is 0 Å². The maximum Gasteiger partial charge on any atom is 0.313 e. The highest BCUT2D eigenvalue weighted by Crippen LogP contribution is 2.19. The lowest BCUT2D eigenvalue weighted by Gasteiger charge is -2.15. The van der Waals surface area contributed by atoms with Gasteiger partial charge in [-0.15, -0.1) is 0 Å². The summed E-state index contributed by atoms with van der Waals surface area (Å²) in [7, 11) is 0. The molecule has 3 nitrogen and oxygen atoms in total. The molecule has 0 spiro atoms. The molecule has 0 radical (unpaired) electrons. The van der Waals surface area contributed by atoms with Crippen molar-refractivity contribution in [2.45, 2.75) is 39.0 Å². The first-order valence-electron chi connectivity index (χ1n) is 4.46. The van der Waals surface area contributed by atoms with Crippen LogP contribution in [0.3, 0.4) is 0 Å². The summed E-state index contributed by atoms with van der Waals surface area (Å²) in [5.74, 6) is -0.313. The van der Waals surface area contributed by atoms with Crippen LogP contribution in [0.25, 0.3) is 0 Å². The summed E-state index contributed by atoms with van der Waals surface area (Å²) in [6.07, 6.45) is 3.61. The van der Waals surface area contributed by atoms with E-state index in [9.17, 15) is 9.59 Å². The lowest BCUT2D eigenvalue weighted by Crippen LogP contribution is -2.19. The van der Waals surface area contributed by atoms with Crippen LogP contribution in [0.4, 0.5) is 0 Å². The molecule has 0 aromatic heterocycles. The lowest BCUT2D eigenvalue weighted by molar-refractivity contribution is -0.161. The van der Waals surface area contributed by atoms with Crippen LogP contribution in [-0.2, 0) is 14.3 Å². The highest BCUT2D eigenvalue weighted by molar-refractivity contribution is 5.85. The number of hydrogen-bond acceptors (Lipinski definition) is 3. The van der Waals surface area contributed by atoms with E-state index in [1.807, 2.05) is 0 Å². The first-order valence-corrected chi connectivity index (χ1v) is 4.46.